The van der Waals surface area contributed by atoms with Gasteiger partial charge in [-0.15, -0.1) is 0 Å². The van der Waals surface area contributed by atoms with Crippen molar-refractivity contribution in [2.75, 3.05) is 23.3 Å². The summed E-state index contributed by atoms with van der Waals surface area (Å²) in [6, 6.07) is 0.634. The lowest BCUT2D eigenvalue weighted by Gasteiger charge is -2.29. The minimum Gasteiger partial charge on any atom is -0.369 e. The Morgan fingerprint density at radius 1 is 1.32 bits per heavy atom. The molecule has 1 aliphatic carbocycles. The number of aromatic nitrogens is 2. The summed E-state index contributed by atoms with van der Waals surface area (Å²) in [4.78, 5) is 11.2. The lowest BCUT2D eigenvalue weighted by Crippen LogP contribution is -2.34. The van der Waals surface area contributed by atoms with Crippen LogP contribution in [0.15, 0.2) is 10.8 Å². The Hall–Kier alpha value is -0.840. The van der Waals surface area contributed by atoms with Gasteiger partial charge in [0.25, 0.3) is 0 Å². The van der Waals surface area contributed by atoms with Gasteiger partial charge in [0.2, 0.25) is 0 Å². The van der Waals surface area contributed by atoms with Gasteiger partial charge < -0.3 is 10.2 Å². The summed E-state index contributed by atoms with van der Waals surface area (Å²) in [5.41, 5.74) is 0. The van der Waals surface area contributed by atoms with Crippen molar-refractivity contribution in [1.82, 2.24) is 9.97 Å². The summed E-state index contributed by atoms with van der Waals surface area (Å²) in [7, 11) is 0. The smallest absolute Gasteiger partial charge is 0.148 e. The number of rotatable bonds is 6. The minimum atomic E-state index is 0.634. The molecule has 0 unspecified atom stereocenters. The Morgan fingerprint density at radius 3 is 2.68 bits per heavy atom. The Labute approximate surface area is 124 Å². The average Bonchev–Trinajstić information content (AvgIpc) is 2.94. The van der Waals surface area contributed by atoms with Gasteiger partial charge in [-0.1, -0.05) is 19.8 Å². The van der Waals surface area contributed by atoms with E-state index in [9.17, 15) is 0 Å². The summed E-state index contributed by atoms with van der Waals surface area (Å²) < 4.78 is 0.997. The third-order valence-corrected chi connectivity index (χ3v) is 4.42. The second-order valence-electron chi connectivity index (χ2n) is 5.01. The summed E-state index contributed by atoms with van der Waals surface area (Å²) in [6.45, 7) is 6.28. The van der Waals surface area contributed by atoms with E-state index in [0.717, 1.165) is 35.6 Å². The molecule has 0 radical (unpaired) electrons. The quantitative estimate of drug-likeness (QED) is 0.862. The van der Waals surface area contributed by atoms with Crippen molar-refractivity contribution in [3.63, 3.8) is 0 Å². The first kappa shape index (κ1) is 14.6. The maximum Gasteiger partial charge on any atom is 0.148 e. The molecule has 1 saturated carbocycles. The van der Waals surface area contributed by atoms with Gasteiger partial charge in [0.15, 0.2) is 0 Å². The topological polar surface area (TPSA) is 41.1 Å². The highest BCUT2D eigenvalue weighted by molar-refractivity contribution is 9.10. The van der Waals surface area contributed by atoms with Crippen LogP contribution in [0.3, 0.4) is 0 Å². The molecule has 0 atom stereocenters. The predicted molar refractivity (Wildman–Crippen MR) is 83.8 cm³/mol. The van der Waals surface area contributed by atoms with Crippen LogP contribution in [0.25, 0.3) is 0 Å². The second kappa shape index (κ2) is 7.08. The van der Waals surface area contributed by atoms with Gasteiger partial charge in [-0.05, 0) is 42.1 Å². The normalized spacial score (nSPS) is 15.7. The summed E-state index contributed by atoms with van der Waals surface area (Å²) in [5, 5.41) is 3.35. The van der Waals surface area contributed by atoms with Crippen LogP contribution in [0.2, 0.25) is 0 Å². The molecule has 2 rings (SSSR count). The Bertz CT molecular complexity index is 404. The van der Waals surface area contributed by atoms with Gasteiger partial charge in [0, 0.05) is 19.1 Å². The predicted octanol–water partition coefficient (Wildman–Crippen LogP) is 3.83. The molecule has 1 fully saturated rings. The SMILES string of the molecule is CCCNc1ncnc(N(CC)C2CCCC2)c1Br. The first-order chi connectivity index (χ1) is 9.27. The molecule has 5 heteroatoms. The highest BCUT2D eigenvalue weighted by atomic mass is 79.9. The molecule has 0 bridgehead atoms. The Balaban J connectivity index is 2.21. The van der Waals surface area contributed by atoms with Crippen LogP contribution in [0.4, 0.5) is 11.6 Å². The van der Waals surface area contributed by atoms with Crippen molar-refractivity contribution in [3.05, 3.63) is 10.8 Å². The monoisotopic (exact) mass is 326 g/mol. The van der Waals surface area contributed by atoms with Crippen LogP contribution in [0, 0.1) is 0 Å². The highest BCUT2D eigenvalue weighted by Gasteiger charge is 2.25. The Kier molecular flexibility index (Phi) is 5.43. The van der Waals surface area contributed by atoms with Crippen molar-refractivity contribution in [3.8, 4) is 0 Å². The number of nitrogens with one attached hydrogen (secondary N) is 1. The van der Waals surface area contributed by atoms with E-state index in [1.54, 1.807) is 6.33 Å². The second-order valence-corrected chi connectivity index (χ2v) is 5.80. The highest BCUT2D eigenvalue weighted by Crippen LogP contribution is 2.34. The number of hydrogen-bond donors (Lipinski definition) is 1. The van der Waals surface area contributed by atoms with Crippen LogP contribution in [0.1, 0.15) is 46.0 Å². The van der Waals surface area contributed by atoms with Gasteiger partial charge in [0.1, 0.15) is 22.4 Å². The van der Waals surface area contributed by atoms with Crippen LogP contribution in [-0.2, 0) is 0 Å². The van der Waals surface area contributed by atoms with Crippen LogP contribution in [0.5, 0.6) is 0 Å². The summed E-state index contributed by atoms with van der Waals surface area (Å²) in [5.74, 6) is 1.94. The first-order valence-electron chi connectivity index (χ1n) is 7.28. The Morgan fingerprint density at radius 2 is 2.05 bits per heavy atom. The summed E-state index contributed by atoms with van der Waals surface area (Å²) >= 11 is 3.67. The number of anilines is 2. The zero-order chi connectivity index (χ0) is 13.7. The molecule has 0 aromatic carbocycles. The van der Waals surface area contributed by atoms with Crippen molar-refractivity contribution in [2.45, 2.75) is 52.0 Å². The van der Waals surface area contributed by atoms with E-state index < -0.39 is 0 Å². The van der Waals surface area contributed by atoms with E-state index in [-0.39, 0.29) is 0 Å². The van der Waals surface area contributed by atoms with E-state index in [2.05, 4.69) is 50.0 Å². The third-order valence-electron chi connectivity index (χ3n) is 3.69. The van der Waals surface area contributed by atoms with Crippen molar-refractivity contribution in [2.24, 2.45) is 0 Å². The largest absolute Gasteiger partial charge is 0.369 e. The van der Waals surface area contributed by atoms with Crippen LogP contribution < -0.4 is 10.2 Å². The third kappa shape index (κ3) is 3.38. The van der Waals surface area contributed by atoms with Crippen LogP contribution in [-0.4, -0.2) is 29.1 Å². The average molecular weight is 327 g/mol. The molecule has 1 aliphatic rings. The first-order valence-corrected chi connectivity index (χ1v) is 8.08. The van der Waals surface area contributed by atoms with E-state index >= 15 is 0 Å². The molecular weight excluding hydrogens is 304 g/mol. The maximum absolute atomic E-state index is 4.49. The molecular formula is C14H23BrN4. The lowest BCUT2D eigenvalue weighted by molar-refractivity contribution is 0.611. The fourth-order valence-corrected chi connectivity index (χ4v) is 3.30. The van der Waals surface area contributed by atoms with Crippen molar-refractivity contribution >= 4 is 27.6 Å². The molecule has 1 aromatic rings. The maximum atomic E-state index is 4.49. The van der Waals surface area contributed by atoms with Crippen molar-refractivity contribution < 1.29 is 0 Å². The fraction of sp³-hybridized carbons (Fsp3) is 0.714. The number of hydrogen-bond acceptors (Lipinski definition) is 4. The van der Waals surface area contributed by atoms with Gasteiger partial charge >= 0.3 is 0 Å². The fourth-order valence-electron chi connectivity index (χ4n) is 2.72. The molecule has 0 amide bonds. The van der Waals surface area contributed by atoms with Crippen LogP contribution >= 0.6 is 15.9 Å². The molecule has 0 aliphatic heterocycles. The molecule has 1 heterocycles. The standard InChI is InChI=1S/C14H23BrN4/c1-3-9-16-13-12(15)14(18-10-17-13)19(4-2)11-7-5-6-8-11/h10-11H,3-9H2,1-2H3,(H,16,17,18). The number of nitrogens with zero attached hydrogens (tertiary/aromatic N) is 3. The van der Waals surface area contributed by atoms with Crippen molar-refractivity contribution in [1.29, 1.82) is 0 Å². The minimum absolute atomic E-state index is 0.634. The van der Waals surface area contributed by atoms with E-state index in [1.165, 1.54) is 25.7 Å². The summed E-state index contributed by atoms with van der Waals surface area (Å²) in [6.07, 6.45) is 7.99. The molecule has 19 heavy (non-hydrogen) atoms. The van der Waals surface area contributed by atoms with E-state index in [4.69, 9.17) is 0 Å². The van der Waals surface area contributed by atoms with Gasteiger partial charge in [-0.25, -0.2) is 9.97 Å². The molecule has 0 saturated heterocycles. The molecule has 1 N–H and O–H groups in total. The molecule has 1 aromatic heterocycles. The van der Waals surface area contributed by atoms with Gasteiger partial charge in [-0.2, -0.15) is 0 Å². The molecule has 4 nitrogen and oxygen atoms in total. The van der Waals surface area contributed by atoms with E-state index in [1.807, 2.05) is 0 Å². The zero-order valence-electron chi connectivity index (χ0n) is 11.8. The van der Waals surface area contributed by atoms with Gasteiger partial charge in [-0.3, -0.25) is 0 Å². The molecule has 106 valence electrons. The number of halogens is 1. The molecule has 0 spiro atoms. The zero-order valence-corrected chi connectivity index (χ0v) is 13.4. The lowest BCUT2D eigenvalue weighted by atomic mass is 10.2. The van der Waals surface area contributed by atoms with Gasteiger partial charge in [0.05, 0.1) is 0 Å². The van der Waals surface area contributed by atoms with E-state index in [0.29, 0.717) is 6.04 Å².